The number of carbonyl (C=O) groups excluding carboxylic acids is 2. The summed E-state index contributed by atoms with van der Waals surface area (Å²) in [5.74, 6) is 2.32. The van der Waals surface area contributed by atoms with Crippen LogP contribution in [0.1, 0.15) is 47.8 Å². The van der Waals surface area contributed by atoms with Crippen LogP contribution in [-0.4, -0.2) is 41.0 Å². The molecule has 0 bridgehead atoms. The number of nitrogens with one attached hydrogen (secondary N) is 1. The lowest BCUT2D eigenvalue weighted by Crippen LogP contribution is -2.39. The lowest BCUT2D eigenvalue weighted by Gasteiger charge is -2.17. The third-order valence-electron chi connectivity index (χ3n) is 4.96. The number of amides is 2. The molecule has 2 aromatic rings. The molecule has 2 aromatic heterocycles. The van der Waals surface area contributed by atoms with Gasteiger partial charge < -0.3 is 19.2 Å². The smallest absolute Gasteiger partial charge is 0.222 e. The quantitative estimate of drug-likeness (QED) is 0.884. The second kappa shape index (κ2) is 7.35. The van der Waals surface area contributed by atoms with E-state index < -0.39 is 0 Å². The molecule has 1 saturated heterocycles. The molecule has 1 aliphatic heterocycles. The number of nitrogens with zero attached hydrogens (tertiary/aromatic N) is 2. The van der Waals surface area contributed by atoms with Crippen LogP contribution in [0.4, 0.5) is 0 Å². The predicted octanol–water partition coefficient (Wildman–Crippen LogP) is 2.26. The Hall–Kier alpha value is -2.57. The van der Waals surface area contributed by atoms with Gasteiger partial charge in [0.25, 0.3) is 0 Å². The van der Waals surface area contributed by atoms with Crippen molar-refractivity contribution in [3.05, 3.63) is 40.7 Å². The van der Waals surface area contributed by atoms with Crippen LogP contribution >= 0.6 is 0 Å². The van der Waals surface area contributed by atoms with Crippen LogP contribution in [0.25, 0.3) is 0 Å². The Balaban J connectivity index is 1.68. The minimum Gasteiger partial charge on any atom is -0.466 e. The van der Waals surface area contributed by atoms with Gasteiger partial charge in [0.1, 0.15) is 17.3 Å². The molecule has 2 atom stereocenters. The first kappa shape index (κ1) is 18.2. The third kappa shape index (κ3) is 3.81. The molecule has 0 aromatic carbocycles. The van der Waals surface area contributed by atoms with Crippen LogP contribution in [0.15, 0.2) is 21.1 Å². The molecule has 1 N–H and O–H groups in total. The zero-order chi connectivity index (χ0) is 18.8. The highest BCUT2D eigenvalue weighted by molar-refractivity contribution is 5.78. The van der Waals surface area contributed by atoms with Gasteiger partial charge in [0, 0.05) is 32.0 Å². The lowest BCUT2D eigenvalue weighted by atomic mass is 10.0. The number of hydrogen-bond donors (Lipinski definition) is 1. The Morgan fingerprint density at radius 1 is 1.27 bits per heavy atom. The average Bonchev–Trinajstić information content (AvgIpc) is 3.25. The third-order valence-corrected chi connectivity index (χ3v) is 4.96. The summed E-state index contributed by atoms with van der Waals surface area (Å²) in [4.78, 5) is 26.1. The molecule has 2 unspecified atom stereocenters. The van der Waals surface area contributed by atoms with E-state index >= 15 is 0 Å². The van der Waals surface area contributed by atoms with Gasteiger partial charge in [-0.2, -0.15) is 0 Å². The first-order chi connectivity index (χ1) is 12.3. The molecule has 0 spiro atoms. The van der Waals surface area contributed by atoms with Crippen molar-refractivity contribution in [2.24, 2.45) is 0 Å². The monoisotopic (exact) mass is 359 g/mol. The zero-order valence-electron chi connectivity index (χ0n) is 15.7. The number of carbonyl (C=O) groups is 2. The normalized spacial score (nSPS) is 19.8. The minimum atomic E-state index is -0.138. The summed E-state index contributed by atoms with van der Waals surface area (Å²) in [6, 6.07) is 3.69. The van der Waals surface area contributed by atoms with Crippen LogP contribution in [0.2, 0.25) is 0 Å². The number of aryl methyl sites for hydroxylation is 3. The Bertz CT molecular complexity index is 788. The largest absolute Gasteiger partial charge is 0.466 e. The number of aromatic nitrogens is 1. The number of furan rings is 1. The van der Waals surface area contributed by atoms with Gasteiger partial charge in [-0.05, 0) is 39.3 Å². The summed E-state index contributed by atoms with van der Waals surface area (Å²) in [7, 11) is 0. The molecule has 1 aliphatic rings. The Morgan fingerprint density at radius 2 is 2.04 bits per heavy atom. The van der Waals surface area contributed by atoms with E-state index in [4.69, 9.17) is 8.94 Å². The molecular formula is C19H25N3O4. The van der Waals surface area contributed by atoms with Crippen LogP contribution in [0.5, 0.6) is 0 Å². The fourth-order valence-electron chi connectivity index (χ4n) is 3.60. The molecule has 2 amide bonds. The first-order valence-corrected chi connectivity index (χ1v) is 8.88. The molecule has 3 rings (SSSR count). The van der Waals surface area contributed by atoms with Crippen LogP contribution in [0.3, 0.4) is 0 Å². The van der Waals surface area contributed by atoms with Gasteiger partial charge in [-0.25, -0.2) is 0 Å². The summed E-state index contributed by atoms with van der Waals surface area (Å²) in [5.41, 5.74) is 1.82. The molecular weight excluding hydrogens is 334 g/mol. The maximum atomic E-state index is 12.7. The molecule has 3 heterocycles. The van der Waals surface area contributed by atoms with Gasteiger partial charge in [0.15, 0.2) is 0 Å². The van der Waals surface area contributed by atoms with Crippen molar-refractivity contribution in [3.63, 3.8) is 0 Å². The molecule has 140 valence electrons. The molecule has 7 nitrogen and oxygen atoms in total. The minimum absolute atomic E-state index is 0.0318. The Labute approximate surface area is 152 Å². The van der Waals surface area contributed by atoms with Crippen LogP contribution in [0, 0.1) is 20.8 Å². The summed E-state index contributed by atoms with van der Waals surface area (Å²) in [5, 5.41) is 6.89. The second-order valence-corrected chi connectivity index (χ2v) is 6.96. The Morgan fingerprint density at radius 3 is 2.62 bits per heavy atom. The van der Waals surface area contributed by atoms with E-state index in [9.17, 15) is 9.59 Å². The van der Waals surface area contributed by atoms with E-state index in [1.807, 2.05) is 32.9 Å². The number of hydrogen-bond acceptors (Lipinski definition) is 5. The van der Waals surface area contributed by atoms with Crippen molar-refractivity contribution in [2.75, 3.05) is 13.1 Å². The van der Waals surface area contributed by atoms with E-state index in [0.717, 1.165) is 28.5 Å². The fraction of sp³-hybridized carbons (Fsp3) is 0.526. The van der Waals surface area contributed by atoms with Gasteiger partial charge in [0.05, 0.1) is 17.7 Å². The second-order valence-electron chi connectivity index (χ2n) is 6.96. The van der Waals surface area contributed by atoms with Crippen molar-refractivity contribution in [2.45, 2.75) is 52.5 Å². The molecule has 1 fully saturated rings. The molecule has 26 heavy (non-hydrogen) atoms. The van der Waals surface area contributed by atoms with Gasteiger partial charge in [0.2, 0.25) is 11.8 Å². The standard InChI is InChI=1S/C19H25N3O4/c1-11-5-7-18(25-11)16-9-22(10-17(16)20-14(4)23)19(24)8-6-15-12(2)21-26-13(15)3/h5,7,16-17H,6,8-10H2,1-4H3,(H,20,23). The Kier molecular flexibility index (Phi) is 5.15. The summed E-state index contributed by atoms with van der Waals surface area (Å²) in [6.45, 7) is 8.15. The van der Waals surface area contributed by atoms with E-state index in [2.05, 4.69) is 10.5 Å². The molecule has 7 heteroatoms. The molecule has 0 saturated carbocycles. The summed E-state index contributed by atoms with van der Waals surface area (Å²) < 4.78 is 10.9. The molecule has 0 radical (unpaired) electrons. The highest BCUT2D eigenvalue weighted by Crippen LogP contribution is 2.30. The van der Waals surface area contributed by atoms with Gasteiger partial charge >= 0.3 is 0 Å². The van der Waals surface area contributed by atoms with Gasteiger partial charge in [-0.15, -0.1) is 0 Å². The topological polar surface area (TPSA) is 88.6 Å². The van der Waals surface area contributed by atoms with Crippen LogP contribution in [-0.2, 0) is 16.0 Å². The van der Waals surface area contributed by atoms with E-state index in [0.29, 0.717) is 25.9 Å². The average molecular weight is 359 g/mol. The van der Waals surface area contributed by atoms with Crippen molar-refractivity contribution in [1.29, 1.82) is 0 Å². The van der Waals surface area contributed by atoms with Crippen LogP contribution < -0.4 is 5.32 Å². The highest BCUT2D eigenvalue weighted by Gasteiger charge is 2.38. The van der Waals surface area contributed by atoms with Gasteiger partial charge in [-0.3, -0.25) is 9.59 Å². The maximum absolute atomic E-state index is 12.7. The first-order valence-electron chi connectivity index (χ1n) is 8.88. The number of rotatable bonds is 5. The zero-order valence-corrected chi connectivity index (χ0v) is 15.7. The van der Waals surface area contributed by atoms with E-state index in [1.165, 1.54) is 6.92 Å². The van der Waals surface area contributed by atoms with E-state index in [-0.39, 0.29) is 23.8 Å². The number of likely N-dealkylation sites (tertiary alicyclic amines) is 1. The maximum Gasteiger partial charge on any atom is 0.222 e. The SMILES string of the molecule is CC(=O)NC1CN(C(=O)CCc2c(C)noc2C)CC1c1ccc(C)o1. The summed E-state index contributed by atoms with van der Waals surface area (Å²) in [6.07, 6.45) is 0.991. The van der Waals surface area contributed by atoms with Crippen molar-refractivity contribution in [1.82, 2.24) is 15.4 Å². The van der Waals surface area contributed by atoms with Crippen molar-refractivity contribution in [3.8, 4) is 0 Å². The predicted molar refractivity (Wildman–Crippen MR) is 94.7 cm³/mol. The highest BCUT2D eigenvalue weighted by atomic mass is 16.5. The molecule has 0 aliphatic carbocycles. The lowest BCUT2D eigenvalue weighted by molar-refractivity contribution is -0.130. The van der Waals surface area contributed by atoms with Crippen molar-refractivity contribution < 1.29 is 18.5 Å². The summed E-state index contributed by atoms with van der Waals surface area (Å²) >= 11 is 0. The van der Waals surface area contributed by atoms with Gasteiger partial charge in [-0.1, -0.05) is 5.16 Å². The van der Waals surface area contributed by atoms with E-state index in [1.54, 1.807) is 4.90 Å². The fourth-order valence-corrected chi connectivity index (χ4v) is 3.60. The van der Waals surface area contributed by atoms with Crippen molar-refractivity contribution >= 4 is 11.8 Å².